The van der Waals surface area contributed by atoms with Crippen molar-refractivity contribution in [1.29, 1.82) is 0 Å². The second-order valence-electron chi connectivity index (χ2n) is 5.60. The number of fused-ring (bicyclic) bond motifs is 1. The maximum Gasteiger partial charge on any atom is 0.251 e. The summed E-state index contributed by atoms with van der Waals surface area (Å²) in [5, 5.41) is 4.07. The lowest BCUT2D eigenvalue weighted by Gasteiger charge is -2.10. The first-order valence-corrected chi connectivity index (χ1v) is 8.92. The van der Waals surface area contributed by atoms with E-state index in [1.807, 2.05) is 48.5 Å². The van der Waals surface area contributed by atoms with Gasteiger partial charge in [-0.1, -0.05) is 60.3 Å². The highest BCUT2D eigenvalue weighted by Gasteiger charge is 2.22. The van der Waals surface area contributed by atoms with E-state index in [0.717, 1.165) is 34.4 Å². The molecule has 0 unspecified atom stereocenters. The Bertz CT molecular complexity index is 859. The number of rotatable bonds is 4. The Kier molecular flexibility index (Phi) is 4.09. The van der Waals surface area contributed by atoms with Crippen molar-refractivity contribution in [3.63, 3.8) is 0 Å². The molecule has 1 amide bonds. The van der Waals surface area contributed by atoms with E-state index in [0.29, 0.717) is 12.1 Å². The van der Waals surface area contributed by atoms with Crippen molar-refractivity contribution >= 4 is 17.7 Å². The molecule has 1 aromatic heterocycles. The van der Waals surface area contributed by atoms with Gasteiger partial charge in [-0.25, -0.2) is 4.98 Å². The average Bonchev–Trinajstić information content (AvgIpc) is 3.22. The van der Waals surface area contributed by atoms with Gasteiger partial charge in [-0.3, -0.25) is 4.79 Å². The number of carbonyl (C=O) groups is 1. The Labute approximate surface area is 144 Å². The van der Waals surface area contributed by atoms with Crippen LogP contribution >= 0.6 is 11.8 Å². The predicted molar refractivity (Wildman–Crippen MR) is 96.0 cm³/mol. The van der Waals surface area contributed by atoms with E-state index >= 15 is 0 Å². The zero-order valence-electron chi connectivity index (χ0n) is 13.1. The van der Waals surface area contributed by atoms with Crippen molar-refractivity contribution in [2.24, 2.45) is 0 Å². The molecule has 1 aliphatic heterocycles. The van der Waals surface area contributed by atoms with E-state index in [1.165, 1.54) is 0 Å². The van der Waals surface area contributed by atoms with Gasteiger partial charge in [0.05, 0.1) is 17.9 Å². The maximum absolute atomic E-state index is 12.3. The number of amides is 1. The summed E-state index contributed by atoms with van der Waals surface area (Å²) in [4.78, 5) is 17.1. The summed E-state index contributed by atoms with van der Waals surface area (Å²) < 4.78 is 2.22. The van der Waals surface area contributed by atoms with Gasteiger partial charge < -0.3 is 9.88 Å². The molecule has 0 bridgehead atoms. The van der Waals surface area contributed by atoms with Crippen LogP contribution in [-0.4, -0.2) is 21.2 Å². The molecule has 4 rings (SSSR count). The molecule has 1 N–H and O–H groups in total. The van der Waals surface area contributed by atoms with E-state index < -0.39 is 0 Å². The highest BCUT2D eigenvalue weighted by atomic mass is 32.2. The molecule has 0 fully saturated rings. The summed E-state index contributed by atoms with van der Waals surface area (Å²) in [6, 6.07) is 19.4. The molecule has 0 atom stereocenters. The van der Waals surface area contributed by atoms with Gasteiger partial charge in [0.25, 0.3) is 5.91 Å². The molecule has 5 heteroatoms. The summed E-state index contributed by atoms with van der Waals surface area (Å²) in [6.07, 6.45) is 0. The van der Waals surface area contributed by atoms with Gasteiger partial charge in [-0.2, -0.15) is 0 Å². The Morgan fingerprint density at radius 2 is 1.79 bits per heavy atom. The monoisotopic (exact) mass is 335 g/mol. The van der Waals surface area contributed by atoms with Gasteiger partial charge >= 0.3 is 0 Å². The van der Waals surface area contributed by atoms with Crippen LogP contribution in [0.2, 0.25) is 0 Å². The summed E-state index contributed by atoms with van der Waals surface area (Å²) in [5.74, 6) is 0.979. The van der Waals surface area contributed by atoms with Crippen LogP contribution in [-0.2, 0) is 13.1 Å². The Morgan fingerprint density at radius 1 is 1.08 bits per heavy atom. The Hall–Kier alpha value is -2.53. The highest BCUT2D eigenvalue weighted by Crippen LogP contribution is 2.33. The first-order valence-electron chi connectivity index (χ1n) is 7.94. The number of aromatic nitrogens is 2. The largest absolute Gasteiger partial charge is 0.346 e. The fraction of sp³-hybridized carbons (Fsp3) is 0.158. The molecular weight excluding hydrogens is 318 g/mol. The molecule has 0 radical (unpaired) electrons. The van der Waals surface area contributed by atoms with Crippen molar-refractivity contribution in [2.45, 2.75) is 18.2 Å². The molecule has 0 aliphatic carbocycles. The van der Waals surface area contributed by atoms with Crippen LogP contribution in [0.15, 0.2) is 65.8 Å². The molecule has 0 saturated carbocycles. The highest BCUT2D eigenvalue weighted by molar-refractivity contribution is 7.99. The van der Waals surface area contributed by atoms with Crippen LogP contribution in [0, 0.1) is 0 Å². The number of hydrogen-bond donors (Lipinski definition) is 1. The number of hydrogen-bond acceptors (Lipinski definition) is 3. The first-order chi connectivity index (χ1) is 11.8. The average molecular weight is 335 g/mol. The molecule has 1 aliphatic rings. The Balaban J connectivity index is 1.62. The molecule has 0 spiro atoms. The van der Waals surface area contributed by atoms with Crippen LogP contribution in [0.25, 0.3) is 11.3 Å². The smallest absolute Gasteiger partial charge is 0.251 e. The van der Waals surface area contributed by atoms with Gasteiger partial charge in [0.1, 0.15) is 0 Å². The van der Waals surface area contributed by atoms with Gasteiger partial charge in [0.15, 0.2) is 5.16 Å². The lowest BCUT2D eigenvalue weighted by atomic mass is 10.1. The standard InChI is InChI=1S/C19H17N3OS/c23-18(15-9-5-2-6-10-15)20-13-16-17(14-7-3-1-4-8-14)21-19-22(16)11-12-24-19/h1-10H,11-13H2,(H,20,23). The third-order valence-electron chi connectivity index (χ3n) is 4.08. The minimum absolute atomic E-state index is 0.0594. The number of carbonyl (C=O) groups excluding carboxylic acids is 1. The number of imidazole rings is 1. The molecule has 2 aromatic carbocycles. The van der Waals surface area contributed by atoms with Crippen LogP contribution in [0.3, 0.4) is 0 Å². The number of nitrogens with zero attached hydrogens (tertiary/aromatic N) is 2. The Morgan fingerprint density at radius 3 is 2.54 bits per heavy atom. The summed E-state index contributed by atoms with van der Waals surface area (Å²) in [7, 11) is 0. The van der Waals surface area contributed by atoms with E-state index in [2.05, 4.69) is 22.0 Å². The topological polar surface area (TPSA) is 46.9 Å². The lowest BCUT2D eigenvalue weighted by Crippen LogP contribution is -2.24. The van der Waals surface area contributed by atoms with E-state index in [9.17, 15) is 4.79 Å². The van der Waals surface area contributed by atoms with Crippen molar-refractivity contribution in [3.8, 4) is 11.3 Å². The molecule has 120 valence electrons. The van der Waals surface area contributed by atoms with Crippen molar-refractivity contribution in [1.82, 2.24) is 14.9 Å². The normalized spacial score (nSPS) is 12.8. The van der Waals surface area contributed by atoms with E-state index in [-0.39, 0.29) is 5.91 Å². The number of thioether (sulfide) groups is 1. The van der Waals surface area contributed by atoms with Crippen LogP contribution < -0.4 is 5.32 Å². The minimum Gasteiger partial charge on any atom is -0.346 e. The first kappa shape index (κ1) is 15.0. The number of nitrogens with one attached hydrogen (secondary N) is 1. The van der Waals surface area contributed by atoms with Gasteiger partial charge in [-0.15, -0.1) is 0 Å². The lowest BCUT2D eigenvalue weighted by molar-refractivity contribution is 0.0950. The summed E-state index contributed by atoms with van der Waals surface area (Å²) in [5.41, 5.74) is 3.80. The quantitative estimate of drug-likeness (QED) is 0.793. The fourth-order valence-corrected chi connectivity index (χ4v) is 3.86. The molecular formula is C19H17N3OS. The van der Waals surface area contributed by atoms with E-state index in [1.54, 1.807) is 11.8 Å². The van der Waals surface area contributed by atoms with Gasteiger partial charge in [-0.05, 0) is 12.1 Å². The maximum atomic E-state index is 12.3. The third-order valence-corrected chi connectivity index (χ3v) is 5.04. The van der Waals surface area contributed by atoms with Crippen LogP contribution in [0.1, 0.15) is 16.1 Å². The van der Waals surface area contributed by atoms with Gasteiger partial charge in [0, 0.05) is 23.4 Å². The summed E-state index contributed by atoms with van der Waals surface area (Å²) in [6.45, 7) is 1.42. The fourth-order valence-electron chi connectivity index (χ4n) is 2.89. The molecule has 3 aromatic rings. The minimum atomic E-state index is -0.0594. The predicted octanol–water partition coefficient (Wildman–Crippen LogP) is 3.59. The second-order valence-corrected chi connectivity index (χ2v) is 6.67. The molecule has 2 heterocycles. The molecule has 24 heavy (non-hydrogen) atoms. The van der Waals surface area contributed by atoms with Gasteiger partial charge in [0.2, 0.25) is 0 Å². The zero-order chi connectivity index (χ0) is 16.4. The molecule has 4 nitrogen and oxygen atoms in total. The van der Waals surface area contributed by atoms with Crippen LogP contribution in [0.5, 0.6) is 0 Å². The number of benzene rings is 2. The summed E-state index contributed by atoms with van der Waals surface area (Å²) >= 11 is 1.77. The van der Waals surface area contributed by atoms with Crippen molar-refractivity contribution < 1.29 is 4.79 Å². The van der Waals surface area contributed by atoms with Crippen molar-refractivity contribution in [2.75, 3.05) is 5.75 Å². The van der Waals surface area contributed by atoms with Crippen LogP contribution in [0.4, 0.5) is 0 Å². The van der Waals surface area contributed by atoms with E-state index in [4.69, 9.17) is 4.98 Å². The zero-order valence-corrected chi connectivity index (χ0v) is 13.9. The third kappa shape index (κ3) is 2.83. The second kappa shape index (κ2) is 6.53. The SMILES string of the molecule is O=C(NCc1c(-c2ccccc2)nc2n1CCS2)c1ccccc1. The molecule has 0 saturated heterocycles. The van der Waals surface area contributed by atoms with Crippen molar-refractivity contribution in [3.05, 3.63) is 71.9 Å².